The van der Waals surface area contributed by atoms with E-state index in [-0.39, 0.29) is 0 Å². The molecule has 0 amide bonds. The summed E-state index contributed by atoms with van der Waals surface area (Å²) >= 11 is 1.48. The molecule has 1 spiro atoms. The van der Waals surface area contributed by atoms with Crippen LogP contribution in [0.1, 0.15) is 74.5 Å². The lowest BCUT2D eigenvalue weighted by atomic mass is 9.89. The maximum atomic E-state index is 5.51. The van der Waals surface area contributed by atoms with Crippen molar-refractivity contribution in [1.82, 2.24) is 34.3 Å². The molecule has 198 valence electrons. The van der Waals surface area contributed by atoms with Crippen molar-refractivity contribution in [2.45, 2.75) is 88.4 Å². The molecule has 0 atom stereocenters. The first-order valence-electron chi connectivity index (χ1n) is 14.1. The first-order valence-corrected chi connectivity index (χ1v) is 14.9. The molecule has 2 saturated carbocycles. The van der Waals surface area contributed by atoms with Gasteiger partial charge in [0.2, 0.25) is 0 Å². The highest BCUT2D eigenvalue weighted by Gasteiger charge is 2.46. The summed E-state index contributed by atoms with van der Waals surface area (Å²) in [5.41, 5.74) is 2.63. The van der Waals surface area contributed by atoms with Crippen LogP contribution in [0, 0.1) is 6.92 Å². The summed E-state index contributed by atoms with van der Waals surface area (Å²) in [6.07, 6.45) is 14.5. The molecule has 4 fully saturated rings. The number of nitrogens with zero attached hydrogens (tertiary/aromatic N) is 6. The fourth-order valence-corrected chi connectivity index (χ4v) is 7.38. The molecule has 2 aliphatic carbocycles. The Kier molecular flexibility index (Phi) is 6.39. The molecular formula is C27H38N8OS. The van der Waals surface area contributed by atoms with Crippen molar-refractivity contribution < 1.29 is 4.74 Å². The Bertz CT molecular complexity index is 1240. The van der Waals surface area contributed by atoms with Gasteiger partial charge >= 0.3 is 0 Å². The molecule has 4 aliphatic rings. The van der Waals surface area contributed by atoms with Crippen LogP contribution in [-0.2, 0) is 11.2 Å². The number of anilines is 1. The van der Waals surface area contributed by atoms with Gasteiger partial charge in [-0.15, -0.1) is 0 Å². The van der Waals surface area contributed by atoms with E-state index < -0.39 is 0 Å². The average molecular weight is 523 g/mol. The zero-order valence-electron chi connectivity index (χ0n) is 21.8. The molecule has 0 aromatic carbocycles. The lowest BCUT2D eigenvalue weighted by Crippen LogP contribution is -2.56. The third-order valence-electron chi connectivity index (χ3n) is 8.95. The predicted molar refractivity (Wildman–Crippen MR) is 145 cm³/mol. The van der Waals surface area contributed by atoms with E-state index in [1.807, 2.05) is 6.20 Å². The third kappa shape index (κ3) is 5.01. The Hall–Kier alpha value is -2.14. The third-order valence-corrected chi connectivity index (χ3v) is 9.78. The van der Waals surface area contributed by atoms with Crippen LogP contribution in [0.15, 0.2) is 12.4 Å². The highest BCUT2D eigenvalue weighted by Crippen LogP contribution is 2.39. The second kappa shape index (κ2) is 9.87. The maximum absolute atomic E-state index is 5.51. The quantitative estimate of drug-likeness (QED) is 0.506. The van der Waals surface area contributed by atoms with Crippen molar-refractivity contribution in [2.75, 3.05) is 38.2 Å². The minimum absolute atomic E-state index is 0.429. The molecular weight excluding hydrogens is 484 g/mol. The molecule has 7 rings (SSSR count). The molecule has 2 aliphatic heterocycles. The molecule has 9 nitrogen and oxygen atoms in total. The smallest absolute Gasteiger partial charge is 0.149 e. The summed E-state index contributed by atoms with van der Waals surface area (Å²) in [4.78, 5) is 13.7. The number of aryl methyl sites for hydroxylation is 1. The van der Waals surface area contributed by atoms with Crippen LogP contribution in [-0.4, -0.2) is 79.5 Å². The van der Waals surface area contributed by atoms with Crippen molar-refractivity contribution >= 4 is 27.6 Å². The van der Waals surface area contributed by atoms with E-state index in [9.17, 15) is 0 Å². The maximum Gasteiger partial charge on any atom is 0.149 e. The monoisotopic (exact) mass is 522 g/mol. The summed E-state index contributed by atoms with van der Waals surface area (Å²) in [6, 6.07) is 1.62. The molecule has 0 bridgehead atoms. The molecule has 37 heavy (non-hydrogen) atoms. The number of aromatic nitrogens is 5. The topological polar surface area (TPSA) is 93.0 Å². The molecule has 3 aromatic heterocycles. The number of fused-ring (bicyclic) bond motifs is 1. The average Bonchev–Trinajstić information content (AvgIpc) is 3.31. The molecule has 2 saturated heterocycles. The van der Waals surface area contributed by atoms with Crippen LogP contribution in [0.4, 0.5) is 5.82 Å². The van der Waals surface area contributed by atoms with Crippen LogP contribution in [0.2, 0.25) is 0 Å². The summed E-state index contributed by atoms with van der Waals surface area (Å²) in [5, 5.41) is 13.3. The highest BCUT2D eigenvalue weighted by molar-refractivity contribution is 7.13. The van der Waals surface area contributed by atoms with Gasteiger partial charge in [0.25, 0.3) is 0 Å². The van der Waals surface area contributed by atoms with E-state index in [4.69, 9.17) is 14.7 Å². The number of hydrogen-bond donors (Lipinski definition) is 2. The molecule has 2 N–H and O–H groups in total. The largest absolute Gasteiger partial charge is 0.381 e. The zero-order valence-corrected chi connectivity index (χ0v) is 22.6. The molecule has 0 unspecified atom stereocenters. The number of piperazine rings is 1. The normalized spacial score (nSPS) is 26.6. The van der Waals surface area contributed by atoms with Gasteiger partial charge in [-0.1, -0.05) is 0 Å². The second-order valence-electron chi connectivity index (χ2n) is 11.6. The van der Waals surface area contributed by atoms with E-state index in [1.165, 1.54) is 63.1 Å². The fraction of sp³-hybridized carbons (Fsp3) is 0.704. The van der Waals surface area contributed by atoms with Gasteiger partial charge in [-0.25, -0.2) is 9.97 Å². The molecule has 5 heterocycles. The number of ether oxygens (including phenoxy) is 1. The number of rotatable bonds is 6. The van der Waals surface area contributed by atoms with Crippen molar-refractivity contribution in [3.05, 3.63) is 29.5 Å². The van der Waals surface area contributed by atoms with Crippen LogP contribution in [0.5, 0.6) is 0 Å². The van der Waals surface area contributed by atoms with Gasteiger partial charge in [-0.05, 0) is 75.4 Å². The second-order valence-corrected chi connectivity index (χ2v) is 12.4. The lowest BCUT2D eigenvalue weighted by Gasteiger charge is -2.42. The minimum atomic E-state index is 0.429. The Morgan fingerprint density at radius 2 is 1.95 bits per heavy atom. The van der Waals surface area contributed by atoms with E-state index in [0.717, 1.165) is 71.8 Å². The van der Waals surface area contributed by atoms with Crippen molar-refractivity contribution in [3.8, 4) is 0 Å². The zero-order chi connectivity index (χ0) is 24.8. The van der Waals surface area contributed by atoms with Crippen LogP contribution < -0.4 is 10.6 Å². The van der Waals surface area contributed by atoms with E-state index in [2.05, 4.69) is 42.8 Å². The Morgan fingerprint density at radius 1 is 1.11 bits per heavy atom. The van der Waals surface area contributed by atoms with Gasteiger partial charge in [-0.3, -0.25) is 9.58 Å². The Morgan fingerprint density at radius 3 is 2.76 bits per heavy atom. The summed E-state index contributed by atoms with van der Waals surface area (Å²) in [6.45, 7) is 7.30. The highest BCUT2D eigenvalue weighted by atomic mass is 32.1. The Labute approximate surface area is 222 Å². The first kappa shape index (κ1) is 23.9. The summed E-state index contributed by atoms with van der Waals surface area (Å²) < 4.78 is 12.2. The van der Waals surface area contributed by atoms with Gasteiger partial charge in [-0.2, -0.15) is 9.47 Å². The van der Waals surface area contributed by atoms with Gasteiger partial charge in [0, 0.05) is 63.1 Å². The summed E-state index contributed by atoms with van der Waals surface area (Å²) in [7, 11) is 0. The molecule has 0 radical (unpaired) electrons. The number of hydrogen-bond acceptors (Lipinski definition) is 9. The van der Waals surface area contributed by atoms with Crippen LogP contribution in [0.3, 0.4) is 0 Å². The predicted octanol–water partition coefficient (Wildman–Crippen LogP) is 3.69. The van der Waals surface area contributed by atoms with Gasteiger partial charge in [0.1, 0.15) is 16.5 Å². The van der Waals surface area contributed by atoms with Gasteiger partial charge in [0.05, 0.1) is 23.3 Å². The SMILES string of the molecule is Cc1nsc2nc(Cc3cnn(C4CCOCC4)c3)nc(NC3CCC(N4CCNC5(CC5)C4)CC3)c12. The standard InChI is InChI=1S/C27H38N8OS/c1-18-24-25(30-20-2-4-21(5-3-20)34-11-10-28-27(17-34)8-9-27)31-23(32-26(24)37-33-18)14-19-15-29-35(16-19)22-6-12-36-13-7-22/h15-16,20-22,28H,2-14,17H2,1H3,(H,30,31,32). The number of nitrogens with one attached hydrogen (secondary N) is 2. The van der Waals surface area contributed by atoms with E-state index >= 15 is 0 Å². The van der Waals surface area contributed by atoms with Gasteiger partial charge < -0.3 is 15.4 Å². The van der Waals surface area contributed by atoms with Crippen molar-refractivity contribution in [3.63, 3.8) is 0 Å². The van der Waals surface area contributed by atoms with Crippen LogP contribution >= 0.6 is 11.5 Å². The Balaban J connectivity index is 1.04. The lowest BCUT2D eigenvalue weighted by molar-refractivity contribution is 0.0662. The van der Waals surface area contributed by atoms with Gasteiger partial charge in [0.15, 0.2) is 0 Å². The summed E-state index contributed by atoms with van der Waals surface area (Å²) in [5.74, 6) is 1.81. The molecule has 10 heteroatoms. The van der Waals surface area contributed by atoms with E-state index in [1.54, 1.807) is 0 Å². The minimum Gasteiger partial charge on any atom is -0.381 e. The first-order chi connectivity index (χ1) is 18.1. The molecule has 3 aromatic rings. The fourth-order valence-electron chi connectivity index (χ4n) is 6.58. The van der Waals surface area contributed by atoms with E-state index in [0.29, 0.717) is 24.0 Å². The van der Waals surface area contributed by atoms with Crippen molar-refractivity contribution in [2.24, 2.45) is 0 Å². The van der Waals surface area contributed by atoms with Crippen molar-refractivity contribution in [1.29, 1.82) is 0 Å². The van der Waals surface area contributed by atoms with Crippen LogP contribution in [0.25, 0.3) is 10.2 Å².